The van der Waals surface area contributed by atoms with Crippen molar-refractivity contribution in [3.63, 3.8) is 0 Å². The molecule has 0 fully saturated rings. The van der Waals surface area contributed by atoms with E-state index < -0.39 is 0 Å². The summed E-state index contributed by atoms with van der Waals surface area (Å²) in [5.74, 6) is 0.606. The summed E-state index contributed by atoms with van der Waals surface area (Å²) in [6.45, 7) is 4.65. The van der Waals surface area contributed by atoms with Gasteiger partial charge in [0, 0.05) is 29.2 Å². The Kier molecular flexibility index (Phi) is 6.34. The van der Waals surface area contributed by atoms with Gasteiger partial charge >= 0.3 is 5.69 Å². The number of aryl methyl sites for hydroxylation is 2. The first-order valence-electron chi connectivity index (χ1n) is 11.9. The van der Waals surface area contributed by atoms with Crippen molar-refractivity contribution in [3.8, 4) is 28.2 Å². The monoisotopic (exact) mass is 465 g/mol. The summed E-state index contributed by atoms with van der Waals surface area (Å²) in [7, 11) is 0. The summed E-state index contributed by atoms with van der Waals surface area (Å²) in [6.07, 6.45) is 6.47. The first kappa shape index (κ1) is 22.5. The number of hydrogen-bond donors (Lipinski definition) is 1. The molecule has 0 unspecified atom stereocenters. The number of para-hydroxylation sites is 1. The Bertz CT molecular complexity index is 1480. The van der Waals surface area contributed by atoms with Crippen LogP contribution in [0.15, 0.2) is 77.9 Å². The highest BCUT2D eigenvalue weighted by molar-refractivity contribution is 5.79. The minimum Gasteiger partial charge on any atom is -0.290 e. The predicted octanol–water partition coefficient (Wildman–Crippen LogP) is 4.44. The summed E-state index contributed by atoms with van der Waals surface area (Å²) in [6, 6.07) is 20.0. The van der Waals surface area contributed by atoms with E-state index in [1.807, 2.05) is 71.6 Å². The fraction of sp³-hybridized carbons (Fsp3) is 0.222. The minimum absolute atomic E-state index is 0.0385. The molecule has 0 aliphatic heterocycles. The lowest BCUT2D eigenvalue weighted by Crippen LogP contribution is -2.25. The van der Waals surface area contributed by atoms with Gasteiger partial charge in [0.2, 0.25) is 0 Å². The third kappa shape index (κ3) is 4.42. The second kappa shape index (κ2) is 9.89. The Morgan fingerprint density at radius 3 is 2.46 bits per heavy atom. The van der Waals surface area contributed by atoms with Crippen LogP contribution in [0, 0.1) is 0 Å². The highest BCUT2D eigenvalue weighted by atomic mass is 16.1. The van der Waals surface area contributed by atoms with E-state index in [-0.39, 0.29) is 5.69 Å². The van der Waals surface area contributed by atoms with Gasteiger partial charge in [0.15, 0.2) is 5.82 Å². The van der Waals surface area contributed by atoms with Gasteiger partial charge < -0.3 is 0 Å². The normalized spacial score (nSPS) is 11.1. The van der Waals surface area contributed by atoms with Gasteiger partial charge in [0.25, 0.3) is 0 Å². The lowest BCUT2D eigenvalue weighted by atomic mass is 10.0. The molecule has 5 aromatic rings. The Balaban J connectivity index is 1.48. The molecule has 3 aromatic heterocycles. The topological polar surface area (TPSA) is 94.3 Å². The molecule has 2 aromatic carbocycles. The molecule has 5 rings (SSSR count). The average molecular weight is 466 g/mol. The maximum atomic E-state index is 13.5. The van der Waals surface area contributed by atoms with Crippen molar-refractivity contribution in [2.45, 2.75) is 39.7 Å². The lowest BCUT2D eigenvalue weighted by molar-refractivity contribution is 0.679. The summed E-state index contributed by atoms with van der Waals surface area (Å²) in [5, 5.41) is 14.2. The summed E-state index contributed by atoms with van der Waals surface area (Å²) >= 11 is 0. The van der Waals surface area contributed by atoms with Crippen molar-refractivity contribution >= 4 is 0 Å². The molecular formula is C27H27N7O. The number of tetrazole rings is 1. The van der Waals surface area contributed by atoms with Crippen LogP contribution in [0.1, 0.15) is 37.2 Å². The second-order valence-electron chi connectivity index (χ2n) is 8.43. The molecular weight excluding hydrogens is 438 g/mol. The zero-order valence-corrected chi connectivity index (χ0v) is 19.8. The lowest BCUT2D eigenvalue weighted by Gasteiger charge is -2.09. The molecule has 8 nitrogen and oxygen atoms in total. The molecule has 3 heterocycles. The quantitative estimate of drug-likeness (QED) is 0.366. The fourth-order valence-electron chi connectivity index (χ4n) is 4.42. The predicted molar refractivity (Wildman–Crippen MR) is 135 cm³/mol. The number of aromatic nitrogens is 7. The molecule has 0 saturated heterocycles. The van der Waals surface area contributed by atoms with E-state index >= 15 is 0 Å². The summed E-state index contributed by atoms with van der Waals surface area (Å²) in [5.41, 5.74) is 6.73. The molecule has 0 aliphatic carbocycles. The van der Waals surface area contributed by atoms with Crippen LogP contribution in [0.3, 0.4) is 0 Å². The number of aromatic amines is 1. The van der Waals surface area contributed by atoms with E-state index in [2.05, 4.69) is 40.5 Å². The Hall–Kier alpha value is -4.33. The number of H-pyrrole nitrogens is 1. The third-order valence-electron chi connectivity index (χ3n) is 6.18. The fourth-order valence-corrected chi connectivity index (χ4v) is 4.42. The van der Waals surface area contributed by atoms with Gasteiger partial charge in [-0.05, 0) is 46.5 Å². The first-order valence-corrected chi connectivity index (χ1v) is 11.9. The molecule has 176 valence electrons. The van der Waals surface area contributed by atoms with E-state index in [1.165, 1.54) is 0 Å². The average Bonchev–Trinajstić information content (AvgIpc) is 3.54. The van der Waals surface area contributed by atoms with Crippen LogP contribution in [0.25, 0.3) is 28.2 Å². The Morgan fingerprint density at radius 2 is 1.74 bits per heavy atom. The zero-order valence-electron chi connectivity index (χ0n) is 19.8. The van der Waals surface area contributed by atoms with Crippen LogP contribution in [-0.2, 0) is 19.4 Å². The van der Waals surface area contributed by atoms with Crippen LogP contribution in [0.2, 0.25) is 0 Å². The van der Waals surface area contributed by atoms with Crippen molar-refractivity contribution in [2.75, 3.05) is 0 Å². The van der Waals surface area contributed by atoms with Crippen LogP contribution < -0.4 is 5.69 Å². The SMILES string of the molecule is CCCc1cn(-c2ccccc2CC)c(=O)n1Cc1ccc(-c2ccccc2-c2nnn[nH]2)cn1. The standard InChI is InChI=1S/C27H27N7O/c1-3-9-22-18-34(25-13-8-5-10-19(25)4-2)27(35)33(22)17-21-15-14-20(16-28-21)23-11-6-7-12-24(23)26-29-31-32-30-26/h5-8,10-16,18H,3-4,9,17H2,1-2H3,(H,29,30,31,32). The third-order valence-corrected chi connectivity index (χ3v) is 6.18. The Labute approximate surface area is 203 Å². The minimum atomic E-state index is -0.0385. The van der Waals surface area contributed by atoms with Crippen molar-refractivity contribution in [3.05, 3.63) is 100 Å². The number of hydrogen-bond acceptors (Lipinski definition) is 5. The first-order chi connectivity index (χ1) is 17.2. The van der Waals surface area contributed by atoms with Gasteiger partial charge in [-0.15, -0.1) is 5.10 Å². The molecule has 0 atom stereocenters. The Morgan fingerprint density at radius 1 is 0.943 bits per heavy atom. The highest BCUT2D eigenvalue weighted by Crippen LogP contribution is 2.29. The number of imidazole rings is 1. The molecule has 0 amide bonds. The van der Waals surface area contributed by atoms with Gasteiger partial charge in [-0.3, -0.25) is 14.1 Å². The van der Waals surface area contributed by atoms with E-state index in [9.17, 15) is 4.79 Å². The van der Waals surface area contributed by atoms with Crippen molar-refractivity contribution < 1.29 is 0 Å². The van der Waals surface area contributed by atoms with Gasteiger partial charge in [-0.2, -0.15) is 0 Å². The maximum absolute atomic E-state index is 13.5. The summed E-state index contributed by atoms with van der Waals surface area (Å²) in [4.78, 5) is 18.2. The van der Waals surface area contributed by atoms with Crippen LogP contribution >= 0.6 is 0 Å². The smallest absolute Gasteiger partial charge is 0.290 e. The van der Waals surface area contributed by atoms with Crippen LogP contribution in [0.4, 0.5) is 0 Å². The molecule has 8 heteroatoms. The van der Waals surface area contributed by atoms with Crippen LogP contribution in [-0.4, -0.2) is 34.7 Å². The van der Waals surface area contributed by atoms with Gasteiger partial charge in [-0.25, -0.2) is 9.89 Å². The van der Waals surface area contributed by atoms with Crippen LogP contribution in [0.5, 0.6) is 0 Å². The molecule has 1 N–H and O–H groups in total. The van der Waals surface area contributed by atoms with E-state index in [4.69, 9.17) is 4.98 Å². The molecule has 0 aliphatic rings. The molecule has 0 bridgehead atoms. The number of nitrogens with one attached hydrogen (secondary N) is 1. The van der Waals surface area contributed by atoms with Gasteiger partial charge in [0.05, 0.1) is 17.9 Å². The highest BCUT2D eigenvalue weighted by Gasteiger charge is 2.15. The number of pyridine rings is 1. The maximum Gasteiger partial charge on any atom is 0.333 e. The number of nitrogens with zero attached hydrogens (tertiary/aromatic N) is 6. The second-order valence-corrected chi connectivity index (χ2v) is 8.43. The molecule has 0 spiro atoms. The van der Waals surface area contributed by atoms with Gasteiger partial charge in [-0.1, -0.05) is 68.8 Å². The molecule has 35 heavy (non-hydrogen) atoms. The molecule has 0 radical (unpaired) electrons. The number of benzene rings is 2. The molecule has 0 saturated carbocycles. The number of rotatable bonds is 8. The largest absolute Gasteiger partial charge is 0.333 e. The van der Waals surface area contributed by atoms with Gasteiger partial charge in [0.1, 0.15) is 0 Å². The van der Waals surface area contributed by atoms with Crippen molar-refractivity contribution in [1.29, 1.82) is 0 Å². The van der Waals surface area contributed by atoms with Crippen molar-refractivity contribution in [1.82, 2.24) is 34.7 Å². The van der Waals surface area contributed by atoms with E-state index in [0.29, 0.717) is 12.4 Å². The van der Waals surface area contributed by atoms with Crippen molar-refractivity contribution in [2.24, 2.45) is 0 Å². The summed E-state index contributed by atoms with van der Waals surface area (Å²) < 4.78 is 3.62. The van der Waals surface area contributed by atoms with E-state index in [1.54, 1.807) is 4.57 Å². The zero-order chi connectivity index (χ0) is 24.2. The van der Waals surface area contributed by atoms with E-state index in [0.717, 1.165) is 58.6 Å².